The first-order valence-corrected chi connectivity index (χ1v) is 7.82. The molecule has 20 heavy (non-hydrogen) atoms. The molecule has 0 saturated heterocycles. The van der Waals surface area contributed by atoms with Gasteiger partial charge in [0, 0.05) is 17.5 Å². The van der Waals surface area contributed by atoms with Gasteiger partial charge in [0.25, 0.3) is 5.91 Å². The van der Waals surface area contributed by atoms with Crippen molar-refractivity contribution in [3.8, 4) is 0 Å². The van der Waals surface area contributed by atoms with Crippen molar-refractivity contribution < 1.29 is 23.1 Å². The Kier molecular flexibility index (Phi) is 5.09. The van der Waals surface area contributed by atoms with Crippen LogP contribution in [0.15, 0.2) is 24.3 Å². The summed E-state index contributed by atoms with van der Waals surface area (Å²) in [5, 5.41) is 11.3. The van der Waals surface area contributed by atoms with Crippen molar-refractivity contribution >= 4 is 27.4 Å². The molecule has 0 spiro atoms. The van der Waals surface area contributed by atoms with Crippen LogP contribution in [0.3, 0.4) is 0 Å². The molecule has 0 saturated carbocycles. The summed E-state index contributed by atoms with van der Waals surface area (Å²) in [7, 11) is -3.29. The van der Waals surface area contributed by atoms with Gasteiger partial charge in [-0.05, 0) is 30.7 Å². The zero-order chi connectivity index (χ0) is 15.3. The first-order chi connectivity index (χ1) is 9.19. The van der Waals surface area contributed by atoms with Gasteiger partial charge in [-0.2, -0.15) is 0 Å². The van der Waals surface area contributed by atoms with Crippen molar-refractivity contribution in [2.24, 2.45) is 0 Å². The standard InChI is InChI=1S/C12H16N2O5S/c1-20(18,19)7-6-10(12(16)17)14-11(15)8-2-4-9(13)5-3-8/h2-5,10H,6-7,13H2,1H3,(H,14,15)(H,16,17). The molecule has 8 heteroatoms. The van der Waals surface area contributed by atoms with E-state index in [4.69, 9.17) is 10.8 Å². The van der Waals surface area contributed by atoms with Gasteiger partial charge in [-0.25, -0.2) is 13.2 Å². The van der Waals surface area contributed by atoms with Crippen molar-refractivity contribution in [3.05, 3.63) is 29.8 Å². The fourth-order valence-corrected chi connectivity index (χ4v) is 2.13. The van der Waals surface area contributed by atoms with Crippen LogP contribution in [0.2, 0.25) is 0 Å². The largest absolute Gasteiger partial charge is 0.480 e. The van der Waals surface area contributed by atoms with Crippen molar-refractivity contribution in [1.82, 2.24) is 5.32 Å². The summed E-state index contributed by atoms with van der Waals surface area (Å²) in [6, 6.07) is 4.69. The summed E-state index contributed by atoms with van der Waals surface area (Å²) in [4.78, 5) is 22.8. The minimum atomic E-state index is -3.29. The molecule has 1 rings (SSSR count). The topological polar surface area (TPSA) is 127 Å². The summed E-state index contributed by atoms with van der Waals surface area (Å²) in [5.41, 5.74) is 6.21. The molecule has 110 valence electrons. The number of carbonyl (C=O) groups excluding carboxylic acids is 1. The lowest BCUT2D eigenvalue weighted by Crippen LogP contribution is -2.41. The Hall–Kier alpha value is -2.09. The Bertz CT molecular complexity index is 595. The lowest BCUT2D eigenvalue weighted by molar-refractivity contribution is -0.139. The van der Waals surface area contributed by atoms with E-state index in [0.717, 1.165) is 6.26 Å². The second kappa shape index (κ2) is 6.38. The minimum absolute atomic E-state index is 0.186. The van der Waals surface area contributed by atoms with Crippen molar-refractivity contribution in [2.45, 2.75) is 12.5 Å². The molecule has 1 aromatic rings. The van der Waals surface area contributed by atoms with E-state index in [1.54, 1.807) is 0 Å². The number of amides is 1. The number of carbonyl (C=O) groups is 2. The molecule has 0 radical (unpaired) electrons. The maximum atomic E-state index is 11.8. The zero-order valence-electron chi connectivity index (χ0n) is 10.9. The van der Waals surface area contributed by atoms with Crippen LogP contribution >= 0.6 is 0 Å². The highest BCUT2D eigenvalue weighted by atomic mass is 32.2. The molecule has 0 aliphatic carbocycles. The molecule has 7 nitrogen and oxygen atoms in total. The van der Waals surface area contributed by atoms with Crippen LogP contribution in [0.4, 0.5) is 5.69 Å². The third kappa shape index (κ3) is 5.27. The van der Waals surface area contributed by atoms with Crippen LogP contribution in [0.1, 0.15) is 16.8 Å². The number of carboxylic acid groups (broad SMARTS) is 1. The quantitative estimate of drug-likeness (QED) is 0.629. The van der Waals surface area contributed by atoms with E-state index in [-0.39, 0.29) is 17.7 Å². The monoisotopic (exact) mass is 300 g/mol. The zero-order valence-corrected chi connectivity index (χ0v) is 11.7. The molecule has 4 N–H and O–H groups in total. The number of nitrogens with one attached hydrogen (secondary N) is 1. The smallest absolute Gasteiger partial charge is 0.326 e. The Labute approximate surface area is 116 Å². The lowest BCUT2D eigenvalue weighted by atomic mass is 10.1. The maximum absolute atomic E-state index is 11.8. The van der Waals surface area contributed by atoms with Gasteiger partial charge in [-0.3, -0.25) is 4.79 Å². The third-order valence-electron chi connectivity index (χ3n) is 2.55. The van der Waals surface area contributed by atoms with E-state index in [9.17, 15) is 18.0 Å². The summed E-state index contributed by atoms with van der Waals surface area (Å²) in [6.07, 6.45) is 0.822. The van der Waals surface area contributed by atoms with Gasteiger partial charge in [-0.1, -0.05) is 0 Å². The van der Waals surface area contributed by atoms with E-state index >= 15 is 0 Å². The van der Waals surface area contributed by atoms with Gasteiger partial charge in [0.2, 0.25) is 0 Å². The summed E-state index contributed by atoms with van der Waals surface area (Å²) >= 11 is 0. The van der Waals surface area contributed by atoms with Crippen molar-refractivity contribution in [2.75, 3.05) is 17.7 Å². The lowest BCUT2D eigenvalue weighted by Gasteiger charge is -2.14. The Balaban J connectivity index is 2.73. The fraction of sp³-hybridized carbons (Fsp3) is 0.333. The number of aliphatic carboxylic acids is 1. The van der Waals surface area contributed by atoms with Gasteiger partial charge in [0.1, 0.15) is 15.9 Å². The van der Waals surface area contributed by atoms with Crippen molar-refractivity contribution in [1.29, 1.82) is 0 Å². The van der Waals surface area contributed by atoms with Crippen LogP contribution in [0.25, 0.3) is 0 Å². The van der Waals surface area contributed by atoms with E-state index in [2.05, 4.69) is 5.32 Å². The number of hydrogen-bond donors (Lipinski definition) is 3. The van der Waals surface area contributed by atoms with E-state index in [0.29, 0.717) is 5.69 Å². The molecular weight excluding hydrogens is 284 g/mol. The Morgan fingerprint density at radius 1 is 1.30 bits per heavy atom. The number of rotatable bonds is 6. The van der Waals surface area contributed by atoms with Gasteiger partial charge in [-0.15, -0.1) is 0 Å². The first kappa shape index (κ1) is 16.0. The summed E-state index contributed by atoms with van der Waals surface area (Å²) < 4.78 is 22.1. The number of carboxylic acids is 1. The highest BCUT2D eigenvalue weighted by Crippen LogP contribution is 2.06. The number of benzene rings is 1. The van der Waals surface area contributed by atoms with Crippen LogP contribution in [-0.4, -0.2) is 43.5 Å². The molecule has 0 aliphatic heterocycles. The molecule has 1 unspecified atom stereocenters. The van der Waals surface area contributed by atoms with Gasteiger partial charge >= 0.3 is 5.97 Å². The van der Waals surface area contributed by atoms with Gasteiger partial charge < -0.3 is 16.2 Å². The van der Waals surface area contributed by atoms with E-state index in [1.807, 2.05) is 0 Å². The van der Waals surface area contributed by atoms with Crippen LogP contribution < -0.4 is 11.1 Å². The van der Waals surface area contributed by atoms with E-state index < -0.39 is 27.8 Å². The van der Waals surface area contributed by atoms with Crippen LogP contribution in [0.5, 0.6) is 0 Å². The predicted octanol–water partition coefficient (Wildman–Crippen LogP) is -0.114. The molecule has 1 atom stereocenters. The normalized spacial score (nSPS) is 12.7. The molecular formula is C12H16N2O5S. The minimum Gasteiger partial charge on any atom is -0.480 e. The highest BCUT2D eigenvalue weighted by molar-refractivity contribution is 7.90. The molecule has 1 aromatic carbocycles. The van der Waals surface area contributed by atoms with Crippen LogP contribution in [0, 0.1) is 0 Å². The molecule has 0 aliphatic rings. The molecule has 1 amide bonds. The highest BCUT2D eigenvalue weighted by Gasteiger charge is 2.22. The molecule has 0 bridgehead atoms. The Morgan fingerprint density at radius 2 is 1.85 bits per heavy atom. The number of nitrogen functional groups attached to an aromatic ring is 1. The van der Waals surface area contributed by atoms with E-state index in [1.165, 1.54) is 24.3 Å². The average molecular weight is 300 g/mol. The second-order valence-corrected chi connectivity index (χ2v) is 6.66. The molecule has 0 aromatic heterocycles. The van der Waals surface area contributed by atoms with Gasteiger partial charge in [0.15, 0.2) is 0 Å². The third-order valence-corrected chi connectivity index (χ3v) is 3.53. The predicted molar refractivity (Wildman–Crippen MR) is 74.1 cm³/mol. The summed E-state index contributed by atoms with van der Waals surface area (Å²) in [6.45, 7) is 0. The molecule has 0 heterocycles. The number of anilines is 1. The molecule has 0 fully saturated rings. The van der Waals surface area contributed by atoms with Gasteiger partial charge in [0.05, 0.1) is 5.75 Å². The Morgan fingerprint density at radius 3 is 2.30 bits per heavy atom. The number of hydrogen-bond acceptors (Lipinski definition) is 5. The van der Waals surface area contributed by atoms with Crippen molar-refractivity contribution in [3.63, 3.8) is 0 Å². The average Bonchev–Trinajstić information content (AvgIpc) is 2.33. The maximum Gasteiger partial charge on any atom is 0.326 e. The number of sulfone groups is 1. The second-order valence-electron chi connectivity index (χ2n) is 4.40. The van der Waals surface area contributed by atoms with Crippen LogP contribution in [-0.2, 0) is 14.6 Å². The first-order valence-electron chi connectivity index (χ1n) is 5.76. The SMILES string of the molecule is CS(=O)(=O)CCC(NC(=O)c1ccc(N)cc1)C(=O)O. The summed E-state index contributed by atoms with van der Waals surface area (Å²) in [5.74, 6) is -2.19. The number of nitrogens with two attached hydrogens (primary N) is 1. The fourth-order valence-electron chi connectivity index (χ4n) is 1.47.